The van der Waals surface area contributed by atoms with Gasteiger partial charge in [-0.25, -0.2) is 4.39 Å². The van der Waals surface area contributed by atoms with Crippen molar-refractivity contribution < 1.29 is 18.7 Å². The van der Waals surface area contributed by atoms with Gasteiger partial charge in [0.2, 0.25) is 0 Å². The first-order valence-electron chi connectivity index (χ1n) is 6.08. The molecule has 0 radical (unpaired) electrons. The van der Waals surface area contributed by atoms with Crippen LogP contribution in [-0.4, -0.2) is 26.1 Å². The normalized spacial score (nSPS) is 10.7. The molecule has 100 valence electrons. The van der Waals surface area contributed by atoms with Crippen LogP contribution in [0.5, 0.6) is 5.75 Å². The average molecular weight is 254 g/mol. The Morgan fingerprint density at radius 3 is 2.72 bits per heavy atom. The molecular formula is C14H19FO3. The van der Waals surface area contributed by atoms with Crippen LogP contribution >= 0.6 is 0 Å². The molecule has 0 fully saturated rings. The van der Waals surface area contributed by atoms with Gasteiger partial charge in [-0.1, -0.05) is 13.8 Å². The van der Waals surface area contributed by atoms with E-state index in [0.29, 0.717) is 37.8 Å². The zero-order valence-corrected chi connectivity index (χ0v) is 10.8. The second-order valence-electron chi connectivity index (χ2n) is 4.44. The molecule has 0 saturated carbocycles. The van der Waals surface area contributed by atoms with Crippen molar-refractivity contribution in [2.75, 3.05) is 19.8 Å². The number of aldehydes is 1. The summed E-state index contributed by atoms with van der Waals surface area (Å²) >= 11 is 0. The summed E-state index contributed by atoms with van der Waals surface area (Å²) in [6.07, 6.45) is 1.59. The molecule has 0 atom stereocenters. The molecule has 1 rings (SSSR count). The lowest BCUT2D eigenvalue weighted by atomic mass is 10.1. The van der Waals surface area contributed by atoms with E-state index >= 15 is 0 Å². The predicted molar refractivity (Wildman–Crippen MR) is 67.6 cm³/mol. The van der Waals surface area contributed by atoms with E-state index in [1.54, 1.807) is 0 Å². The second-order valence-corrected chi connectivity index (χ2v) is 4.44. The van der Waals surface area contributed by atoms with Gasteiger partial charge >= 0.3 is 0 Å². The topological polar surface area (TPSA) is 35.5 Å². The smallest absolute Gasteiger partial charge is 0.153 e. The molecule has 18 heavy (non-hydrogen) atoms. The van der Waals surface area contributed by atoms with Gasteiger partial charge < -0.3 is 9.47 Å². The first-order valence-corrected chi connectivity index (χ1v) is 6.08. The molecule has 0 amide bonds. The van der Waals surface area contributed by atoms with Crippen molar-refractivity contribution >= 4 is 6.29 Å². The van der Waals surface area contributed by atoms with Gasteiger partial charge in [-0.15, -0.1) is 0 Å². The molecule has 0 unspecified atom stereocenters. The Balaban J connectivity index is 2.29. The molecule has 3 nitrogen and oxygen atoms in total. The van der Waals surface area contributed by atoms with Crippen LogP contribution < -0.4 is 4.74 Å². The van der Waals surface area contributed by atoms with Crippen molar-refractivity contribution in [2.45, 2.75) is 20.3 Å². The molecular weight excluding hydrogens is 235 g/mol. The molecule has 1 aromatic rings. The van der Waals surface area contributed by atoms with Gasteiger partial charge in [-0.05, 0) is 30.5 Å². The van der Waals surface area contributed by atoms with Crippen LogP contribution in [0, 0.1) is 11.7 Å². The lowest BCUT2D eigenvalue weighted by Gasteiger charge is -2.09. The summed E-state index contributed by atoms with van der Waals surface area (Å²) in [7, 11) is 0. The number of rotatable bonds is 8. The van der Waals surface area contributed by atoms with Crippen molar-refractivity contribution in [3.05, 3.63) is 29.6 Å². The van der Waals surface area contributed by atoms with Crippen molar-refractivity contribution in [3.63, 3.8) is 0 Å². The molecule has 0 aliphatic heterocycles. The van der Waals surface area contributed by atoms with Gasteiger partial charge in [0, 0.05) is 6.61 Å². The lowest BCUT2D eigenvalue weighted by molar-refractivity contribution is 0.0917. The first-order chi connectivity index (χ1) is 8.63. The van der Waals surface area contributed by atoms with Crippen LogP contribution in [-0.2, 0) is 4.74 Å². The minimum atomic E-state index is -0.447. The third-order valence-corrected chi connectivity index (χ3v) is 2.42. The largest absolute Gasteiger partial charge is 0.490 e. The maximum absolute atomic E-state index is 12.9. The Morgan fingerprint density at radius 1 is 1.28 bits per heavy atom. The maximum Gasteiger partial charge on any atom is 0.153 e. The molecule has 0 saturated heterocycles. The van der Waals surface area contributed by atoms with E-state index in [1.807, 2.05) is 0 Å². The van der Waals surface area contributed by atoms with Crippen molar-refractivity contribution in [1.29, 1.82) is 0 Å². The van der Waals surface area contributed by atoms with Crippen molar-refractivity contribution in [2.24, 2.45) is 5.92 Å². The highest BCUT2D eigenvalue weighted by atomic mass is 19.1. The van der Waals surface area contributed by atoms with E-state index in [-0.39, 0.29) is 5.56 Å². The fraction of sp³-hybridized carbons (Fsp3) is 0.500. The first kappa shape index (κ1) is 14.6. The van der Waals surface area contributed by atoms with E-state index in [1.165, 1.54) is 12.1 Å². The van der Waals surface area contributed by atoms with Gasteiger partial charge in [0.1, 0.15) is 18.2 Å². The van der Waals surface area contributed by atoms with Crippen LogP contribution in [0.1, 0.15) is 30.6 Å². The Kier molecular flexibility index (Phi) is 6.36. The second kappa shape index (κ2) is 7.82. The third-order valence-electron chi connectivity index (χ3n) is 2.42. The Bertz CT molecular complexity index is 377. The molecule has 0 N–H and O–H groups in total. The number of halogens is 1. The molecule has 0 spiro atoms. The Hall–Kier alpha value is -1.42. The lowest BCUT2D eigenvalue weighted by Crippen LogP contribution is -2.09. The van der Waals surface area contributed by atoms with Crippen LogP contribution in [0.4, 0.5) is 4.39 Å². The minimum absolute atomic E-state index is 0.220. The van der Waals surface area contributed by atoms with E-state index in [4.69, 9.17) is 9.47 Å². The highest BCUT2D eigenvalue weighted by molar-refractivity contribution is 5.79. The SMILES string of the molecule is CC(C)CCOCCOc1ccc(F)cc1C=O. The molecule has 0 aromatic heterocycles. The van der Waals surface area contributed by atoms with Crippen LogP contribution in [0.3, 0.4) is 0 Å². The quantitative estimate of drug-likeness (QED) is 0.528. The maximum atomic E-state index is 12.9. The Morgan fingerprint density at radius 2 is 2.06 bits per heavy atom. The van der Waals surface area contributed by atoms with Crippen molar-refractivity contribution in [3.8, 4) is 5.75 Å². The monoisotopic (exact) mass is 254 g/mol. The van der Waals surface area contributed by atoms with E-state index in [0.717, 1.165) is 12.5 Å². The number of hydrogen-bond acceptors (Lipinski definition) is 3. The third kappa shape index (κ3) is 5.27. The summed E-state index contributed by atoms with van der Waals surface area (Å²) in [5.74, 6) is 0.557. The van der Waals surface area contributed by atoms with E-state index < -0.39 is 5.82 Å². The van der Waals surface area contributed by atoms with Crippen LogP contribution in [0.25, 0.3) is 0 Å². The fourth-order valence-electron chi connectivity index (χ4n) is 1.37. The highest BCUT2D eigenvalue weighted by Crippen LogP contribution is 2.17. The zero-order valence-electron chi connectivity index (χ0n) is 10.8. The van der Waals surface area contributed by atoms with Crippen LogP contribution in [0.2, 0.25) is 0 Å². The van der Waals surface area contributed by atoms with E-state index in [2.05, 4.69) is 13.8 Å². The highest BCUT2D eigenvalue weighted by Gasteiger charge is 2.04. The molecule has 0 bridgehead atoms. The fourth-order valence-corrected chi connectivity index (χ4v) is 1.37. The van der Waals surface area contributed by atoms with Gasteiger partial charge in [0.25, 0.3) is 0 Å². The standard InChI is InChI=1S/C14H19FO3/c1-11(2)5-6-17-7-8-18-14-4-3-13(15)9-12(14)10-16/h3-4,9-11H,5-8H2,1-2H3. The summed E-state index contributed by atoms with van der Waals surface area (Å²) in [4.78, 5) is 10.7. The summed E-state index contributed by atoms with van der Waals surface area (Å²) < 4.78 is 23.6. The molecule has 0 heterocycles. The molecule has 0 aliphatic carbocycles. The van der Waals surface area contributed by atoms with Gasteiger partial charge in [0.15, 0.2) is 6.29 Å². The number of carbonyl (C=O) groups excluding carboxylic acids is 1. The van der Waals surface area contributed by atoms with E-state index in [9.17, 15) is 9.18 Å². The Labute approximate surface area is 107 Å². The molecule has 4 heteroatoms. The summed E-state index contributed by atoms with van der Waals surface area (Å²) in [5.41, 5.74) is 0.220. The number of hydrogen-bond donors (Lipinski definition) is 0. The minimum Gasteiger partial charge on any atom is -0.490 e. The number of ether oxygens (including phenoxy) is 2. The van der Waals surface area contributed by atoms with Gasteiger partial charge in [0.05, 0.1) is 12.2 Å². The van der Waals surface area contributed by atoms with Crippen molar-refractivity contribution in [1.82, 2.24) is 0 Å². The summed E-state index contributed by atoms with van der Waals surface area (Å²) in [6, 6.07) is 3.87. The molecule has 1 aromatic carbocycles. The predicted octanol–water partition coefficient (Wildman–Crippen LogP) is 3.08. The van der Waals surface area contributed by atoms with Crippen LogP contribution in [0.15, 0.2) is 18.2 Å². The van der Waals surface area contributed by atoms with Gasteiger partial charge in [-0.3, -0.25) is 4.79 Å². The summed E-state index contributed by atoms with van der Waals surface area (Å²) in [6.45, 7) is 5.78. The summed E-state index contributed by atoms with van der Waals surface area (Å²) in [5, 5.41) is 0. The number of benzene rings is 1. The van der Waals surface area contributed by atoms with Gasteiger partial charge in [-0.2, -0.15) is 0 Å². The zero-order chi connectivity index (χ0) is 13.4. The molecule has 0 aliphatic rings. The average Bonchev–Trinajstić information content (AvgIpc) is 2.34. The number of carbonyl (C=O) groups is 1.